The van der Waals surface area contributed by atoms with Crippen LogP contribution < -0.4 is 4.72 Å². The number of sulfonamides is 1. The number of aromatic nitrogens is 2. The number of amides is 1. The summed E-state index contributed by atoms with van der Waals surface area (Å²) in [5, 5.41) is 0.153. The normalized spacial score (nSPS) is 15.1. The number of carbonyl (C=O) groups is 2. The molecule has 1 heterocycles. The Bertz CT molecular complexity index is 1420. The minimum absolute atomic E-state index is 0.0639. The maximum absolute atomic E-state index is 13.4. The number of hydrogen-bond acceptors (Lipinski definition) is 5. The number of nitrogens with one attached hydrogen (secondary N) is 1. The number of hydrogen-bond donors (Lipinski definition) is 1. The Morgan fingerprint density at radius 1 is 1.13 bits per heavy atom. The van der Waals surface area contributed by atoms with Crippen molar-refractivity contribution in [3.05, 3.63) is 88.0 Å². The molecule has 9 heteroatoms. The van der Waals surface area contributed by atoms with Crippen molar-refractivity contribution in [2.24, 2.45) is 5.92 Å². The third-order valence-corrected chi connectivity index (χ3v) is 8.65. The SMILES string of the molecule is CC/C=C/c1nc(Cl)c(C=O)n1Cc1ccc(C(C(=O)NS(=O)(=O)c2ccc(C)cc2)C2CCCC2)cc1. The number of carbonyl (C=O) groups excluding carboxylic acids is 2. The minimum Gasteiger partial charge on any atom is -0.317 e. The molecule has 1 N–H and O–H groups in total. The molecule has 0 saturated heterocycles. The summed E-state index contributed by atoms with van der Waals surface area (Å²) >= 11 is 6.18. The van der Waals surface area contributed by atoms with E-state index in [0.29, 0.717) is 24.3 Å². The van der Waals surface area contributed by atoms with Gasteiger partial charge in [0.2, 0.25) is 5.91 Å². The summed E-state index contributed by atoms with van der Waals surface area (Å²) in [6.07, 6.45) is 9.07. The summed E-state index contributed by atoms with van der Waals surface area (Å²) in [6.45, 7) is 4.26. The third kappa shape index (κ3) is 6.25. The third-order valence-electron chi connectivity index (χ3n) is 7.01. The molecule has 7 nitrogen and oxygen atoms in total. The van der Waals surface area contributed by atoms with Gasteiger partial charge in [-0.25, -0.2) is 18.1 Å². The maximum Gasteiger partial charge on any atom is 0.264 e. The lowest BCUT2D eigenvalue weighted by Crippen LogP contribution is -2.37. The molecule has 1 aliphatic rings. The van der Waals surface area contributed by atoms with E-state index < -0.39 is 21.8 Å². The minimum atomic E-state index is -3.99. The van der Waals surface area contributed by atoms with Crippen LogP contribution in [-0.2, 0) is 21.4 Å². The van der Waals surface area contributed by atoms with Gasteiger partial charge in [0.25, 0.3) is 10.0 Å². The average Bonchev–Trinajstić information content (AvgIpc) is 3.51. The highest BCUT2D eigenvalue weighted by molar-refractivity contribution is 7.90. The molecule has 2 aromatic carbocycles. The van der Waals surface area contributed by atoms with Crippen molar-refractivity contribution in [3.8, 4) is 0 Å². The highest BCUT2D eigenvalue weighted by atomic mass is 35.5. The second-order valence-corrected chi connectivity index (χ2v) is 11.7. The Kier molecular flexibility index (Phi) is 8.84. The molecule has 3 aromatic rings. The number of halogens is 1. The van der Waals surface area contributed by atoms with Crippen LogP contribution >= 0.6 is 11.6 Å². The number of aryl methyl sites for hydroxylation is 1. The van der Waals surface area contributed by atoms with Crippen molar-refractivity contribution in [3.63, 3.8) is 0 Å². The van der Waals surface area contributed by atoms with Gasteiger partial charge in [0.15, 0.2) is 11.4 Å². The Labute approximate surface area is 229 Å². The molecule has 1 amide bonds. The molecule has 1 aliphatic carbocycles. The molecule has 1 unspecified atom stereocenters. The van der Waals surface area contributed by atoms with E-state index in [1.807, 2.05) is 50.3 Å². The monoisotopic (exact) mass is 553 g/mol. The van der Waals surface area contributed by atoms with Gasteiger partial charge < -0.3 is 4.57 Å². The molecule has 38 heavy (non-hydrogen) atoms. The van der Waals surface area contributed by atoms with Crippen LogP contribution in [0.15, 0.2) is 59.5 Å². The molecule has 1 atom stereocenters. The lowest BCUT2D eigenvalue weighted by molar-refractivity contribution is -0.121. The van der Waals surface area contributed by atoms with E-state index in [1.54, 1.807) is 16.7 Å². The van der Waals surface area contributed by atoms with Crippen LogP contribution in [-0.4, -0.2) is 30.2 Å². The van der Waals surface area contributed by atoms with E-state index in [0.717, 1.165) is 48.8 Å². The number of imidazole rings is 1. The fraction of sp³-hybridized carbons (Fsp3) is 0.345. The molecule has 1 fully saturated rings. The van der Waals surface area contributed by atoms with Crippen LogP contribution in [0.4, 0.5) is 0 Å². The first kappa shape index (κ1) is 27.8. The summed E-state index contributed by atoms with van der Waals surface area (Å²) in [5.74, 6) is -0.439. The summed E-state index contributed by atoms with van der Waals surface area (Å²) in [4.78, 5) is 29.5. The van der Waals surface area contributed by atoms with Gasteiger partial charge in [-0.1, -0.05) is 79.4 Å². The van der Waals surface area contributed by atoms with Gasteiger partial charge in [0, 0.05) is 6.54 Å². The van der Waals surface area contributed by atoms with Crippen LogP contribution in [0, 0.1) is 12.8 Å². The number of rotatable bonds is 10. The number of allylic oxidation sites excluding steroid dienone is 1. The number of nitrogens with zero attached hydrogens (tertiary/aromatic N) is 2. The van der Waals surface area contributed by atoms with E-state index in [9.17, 15) is 18.0 Å². The molecule has 0 radical (unpaired) electrons. The predicted molar refractivity (Wildman–Crippen MR) is 149 cm³/mol. The smallest absolute Gasteiger partial charge is 0.264 e. The summed E-state index contributed by atoms with van der Waals surface area (Å²) in [6, 6.07) is 14.0. The van der Waals surface area contributed by atoms with E-state index in [2.05, 4.69) is 9.71 Å². The molecule has 0 spiro atoms. The zero-order valence-electron chi connectivity index (χ0n) is 21.6. The molecular weight excluding hydrogens is 522 g/mol. The highest BCUT2D eigenvalue weighted by Gasteiger charge is 2.34. The van der Waals surface area contributed by atoms with Crippen LogP contribution in [0.3, 0.4) is 0 Å². The van der Waals surface area contributed by atoms with E-state index in [-0.39, 0.29) is 16.0 Å². The standard InChI is InChI=1S/C29H32ClN3O4S/c1-3-4-9-26-31-28(30)25(19-34)33(26)18-21-12-14-23(15-13-21)27(22-7-5-6-8-22)29(35)32-38(36,37)24-16-10-20(2)11-17-24/h4,9-17,19,22,27H,3,5-8,18H2,1-2H3,(H,32,35)/b9-4+. The Morgan fingerprint density at radius 2 is 1.79 bits per heavy atom. The van der Waals surface area contributed by atoms with Crippen molar-refractivity contribution in [2.45, 2.75) is 63.3 Å². The molecule has 0 aliphatic heterocycles. The highest BCUT2D eigenvalue weighted by Crippen LogP contribution is 2.38. The first-order valence-corrected chi connectivity index (χ1v) is 14.7. The van der Waals surface area contributed by atoms with Crippen molar-refractivity contribution in [1.82, 2.24) is 14.3 Å². The van der Waals surface area contributed by atoms with Gasteiger partial charge >= 0.3 is 0 Å². The molecule has 1 saturated carbocycles. The quantitative estimate of drug-likeness (QED) is 0.315. The summed E-state index contributed by atoms with van der Waals surface area (Å²) < 4.78 is 30.0. The van der Waals surface area contributed by atoms with Gasteiger partial charge in [-0.2, -0.15) is 0 Å². The van der Waals surface area contributed by atoms with Crippen LogP contribution in [0.1, 0.15) is 77.9 Å². The second kappa shape index (κ2) is 12.1. The lowest BCUT2D eigenvalue weighted by Gasteiger charge is -2.23. The lowest BCUT2D eigenvalue weighted by atomic mass is 9.84. The molecular formula is C29H32ClN3O4S. The molecule has 0 bridgehead atoms. The molecule has 4 rings (SSSR count). The van der Waals surface area contributed by atoms with E-state index in [4.69, 9.17) is 11.6 Å². The van der Waals surface area contributed by atoms with E-state index in [1.165, 1.54) is 12.1 Å². The fourth-order valence-electron chi connectivity index (χ4n) is 5.00. The van der Waals surface area contributed by atoms with Crippen molar-refractivity contribution in [1.29, 1.82) is 0 Å². The topological polar surface area (TPSA) is 98.1 Å². The number of benzene rings is 2. The molecule has 200 valence electrons. The Morgan fingerprint density at radius 3 is 2.39 bits per heavy atom. The first-order valence-electron chi connectivity index (χ1n) is 12.8. The van der Waals surface area contributed by atoms with E-state index >= 15 is 0 Å². The largest absolute Gasteiger partial charge is 0.317 e. The van der Waals surface area contributed by atoms with Crippen LogP contribution in [0.2, 0.25) is 5.15 Å². The summed E-state index contributed by atoms with van der Waals surface area (Å²) in [7, 11) is -3.99. The first-order chi connectivity index (χ1) is 18.2. The van der Waals surface area contributed by atoms with Gasteiger partial charge in [-0.05, 0) is 61.4 Å². The fourth-order valence-corrected chi connectivity index (χ4v) is 6.23. The van der Waals surface area contributed by atoms with Crippen LogP contribution in [0.5, 0.6) is 0 Å². The van der Waals surface area contributed by atoms with Crippen LogP contribution in [0.25, 0.3) is 6.08 Å². The second-order valence-electron chi connectivity index (χ2n) is 9.71. The zero-order valence-corrected chi connectivity index (χ0v) is 23.1. The van der Waals surface area contributed by atoms with Crippen molar-refractivity contribution < 1.29 is 18.0 Å². The Balaban J connectivity index is 1.59. The van der Waals surface area contributed by atoms with Crippen molar-refractivity contribution in [2.75, 3.05) is 0 Å². The number of aldehydes is 1. The van der Waals surface area contributed by atoms with Gasteiger partial charge in [0.05, 0.1) is 10.8 Å². The average molecular weight is 554 g/mol. The van der Waals surface area contributed by atoms with Gasteiger partial charge in [-0.15, -0.1) is 0 Å². The van der Waals surface area contributed by atoms with Crippen molar-refractivity contribution >= 4 is 39.9 Å². The van der Waals surface area contributed by atoms with Gasteiger partial charge in [-0.3, -0.25) is 9.59 Å². The maximum atomic E-state index is 13.4. The predicted octanol–water partition coefficient (Wildman–Crippen LogP) is 5.91. The Hall–Kier alpha value is -3.23. The molecule has 1 aromatic heterocycles. The zero-order chi connectivity index (χ0) is 27.3. The summed E-state index contributed by atoms with van der Waals surface area (Å²) in [5.41, 5.74) is 2.90. The van der Waals surface area contributed by atoms with Gasteiger partial charge in [0.1, 0.15) is 11.5 Å².